The Morgan fingerprint density at radius 1 is 1.18 bits per heavy atom. The molecular formula is C24H25N3O. The minimum Gasteiger partial charge on any atom is -0.349 e. The highest BCUT2D eigenvalue weighted by Crippen LogP contribution is 2.22. The molecule has 0 spiro atoms. The van der Waals surface area contributed by atoms with Gasteiger partial charge in [-0.3, -0.25) is 4.79 Å². The molecule has 0 saturated carbocycles. The van der Waals surface area contributed by atoms with Gasteiger partial charge in [0.1, 0.15) is 5.69 Å². The van der Waals surface area contributed by atoms with Crippen molar-refractivity contribution in [1.82, 2.24) is 9.88 Å². The zero-order valence-corrected chi connectivity index (χ0v) is 16.3. The molecule has 0 atom stereocenters. The van der Waals surface area contributed by atoms with Crippen LogP contribution in [0.25, 0.3) is 23.1 Å². The molecule has 1 amide bonds. The van der Waals surface area contributed by atoms with Crippen LogP contribution in [0.4, 0.5) is 0 Å². The zero-order chi connectivity index (χ0) is 19.7. The first-order valence-electron chi connectivity index (χ1n) is 9.80. The summed E-state index contributed by atoms with van der Waals surface area (Å²) in [6, 6.07) is 14.3. The second kappa shape index (κ2) is 7.47. The van der Waals surface area contributed by atoms with Gasteiger partial charge in [0.2, 0.25) is 0 Å². The quantitative estimate of drug-likeness (QED) is 0.665. The smallest absolute Gasteiger partial charge is 0.268 e. The second-order valence-corrected chi connectivity index (χ2v) is 7.61. The van der Waals surface area contributed by atoms with E-state index in [1.807, 2.05) is 38.1 Å². The number of nitrogens with one attached hydrogen (secondary N) is 2. The zero-order valence-electron chi connectivity index (χ0n) is 16.3. The summed E-state index contributed by atoms with van der Waals surface area (Å²) in [7, 11) is 0. The predicted octanol–water partition coefficient (Wildman–Crippen LogP) is 3.18. The van der Waals surface area contributed by atoms with Crippen LogP contribution in [0, 0.1) is 5.41 Å². The molecule has 4 rings (SSSR count). The lowest BCUT2D eigenvalue weighted by Gasteiger charge is -2.14. The number of amides is 1. The van der Waals surface area contributed by atoms with Gasteiger partial charge in [-0.25, -0.2) is 0 Å². The van der Waals surface area contributed by atoms with E-state index in [0.29, 0.717) is 12.2 Å². The summed E-state index contributed by atoms with van der Waals surface area (Å²) >= 11 is 0. The summed E-state index contributed by atoms with van der Waals surface area (Å²) < 4.78 is 2.08. The van der Waals surface area contributed by atoms with Crippen LogP contribution in [0.15, 0.2) is 42.5 Å². The maximum absolute atomic E-state index is 12.9. The van der Waals surface area contributed by atoms with E-state index in [-0.39, 0.29) is 11.9 Å². The van der Waals surface area contributed by atoms with Crippen LogP contribution in [0.3, 0.4) is 0 Å². The maximum atomic E-state index is 12.9. The maximum Gasteiger partial charge on any atom is 0.268 e. The van der Waals surface area contributed by atoms with E-state index in [9.17, 15) is 4.79 Å². The monoisotopic (exact) mass is 371 g/mol. The van der Waals surface area contributed by atoms with Crippen LogP contribution in [0.2, 0.25) is 0 Å². The molecule has 28 heavy (non-hydrogen) atoms. The van der Waals surface area contributed by atoms with Crippen molar-refractivity contribution < 1.29 is 4.79 Å². The fourth-order valence-corrected chi connectivity index (χ4v) is 3.89. The highest BCUT2D eigenvalue weighted by molar-refractivity contribution is 6.00. The number of rotatable bonds is 5. The van der Waals surface area contributed by atoms with Crippen molar-refractivity contribution in [2.24, 2.45) is 0 Å². The fourth-order valence-electron chi connectivity index (χ4n) is 3.89. The van der Waals surface area contributed by atoms with Crippen molar-refractivity contribution in [1.29, 1.82) is 5.41 Å². The van der Waals surface area contributed by atoms with Gasteiger partial charge in [-0.05, 0) is 60.4 Å². The van der Waals surface area contributed by atoms with Crippen molar-refractivity contribution in [2.75, 3.05) is 0 Å². The van der Waals surface area contributed by atoms with Crippen molar-refractivity contribution >= 4 is 35.2 Å². The molecule has 1 heterocycles. The third kappa shape index (κ3) is 3.38. The first-order valence-corrected chi connectivity index (χ1v) is 9.80. The molecule has 0 saturated heterocycles. The van der Waals surface area contributed by atoms with Crippen molar-refractivity contribution in [3.63, 3.8) is 0 Å². The van der Waals surface area contributed by atoms with E-state index in [1.165, 1.54) is 22.2 Å². The molecule has 0 unspecified atom stereocenters. The van der Waals surface area contributed by atoms with Crippen molar-refractivity contribution in [3.05, 3.63) is 69.7 Å². The van der Waals surface area contributed by atoms with Gasteiger partial charge in [-0.15, -0.1) is 0 Å². The fraction of sp³-hybridized carbons (Fsp3) is 0.250. The van der Waals surface area contributed by atoms with Crippen LogP contribution >= 0.6 is 0 Å². The summed E-state index contributed by atoms with van der Waals surface area (Å²) in [6.07, 6.45) is 8.06. The molecule has 0 bridgehead atoms. The Kier molecular flexibility index (Phi) is 4.86. The van der Waals surface area contributed by atoms with Crippen LogP contribution in [0.5, 0.6) is 0 Å². The van der Waals surface area contributed by atoms with E-state index >= 15 is 0 Å². The number of carbonyl (C=O) groups excluding carboxylic acids is 1. The van der Waals surface area contributed by atoms with Crippen LogP contribution in [0.1, 0.15) is 48.3 Å². The molecule has 3 aromatic rings. The highest BCUT2D eigenvalue weighted by Gasteiger charge is 2.17. The number of carbonyl (C=O) groups is 1. The summed E-state index contributed by atoms with van der Waals surface area (Å²) in [5, 5.41) is 14.2. The van der Waals surface area contributed by atoms with Gasteiger partial charge in [0.05, 0.1) is 0 Å². The Bertz CT molecular complexity index is 1180. The third-order valence-electron chi connectivity index (χ3n) is 5.19. The summed E-state index contributed by atoms with van der Waals surface area (Å²) in [6.45, 7) is 4.56. The lowest BCUT2D eigenvalue weighted by Crippen LogP contribution is -2.33. The topological polar surface area (TPSA) is 57.9 Å². The number of hydrogen-bond acceptors (Lipinski definition) is 2. The average Bonchev–Trinajstić information content (AvgIpc) is 3.05. The van der Waals surface area contributed by atoms with E-state index < -0.39 is 0 Å². The minimum absolute atomic E-state index is 0.0667. The Labute approximate surface area is 164 Å². The molecule has 2 N–H and O–H groups in total. The Morgan fingerprint density at radius 3 is 2.79 bits per heavy atom. The Hall–Kier alpha value is -3.14. The van der Waals surface area contributed by atoms with Crippen molar-refractivity contribution in [2.45, 2.75) is 39.3 Å². The van der Waals surface area contributed by atoms with Gasteiger partial charge in [0.15, 0.2) is 0 Å². The molecule has 4 heteroatoms. The van der Waals surface area contributed by atoms with Gasteiger partial charge >= 0.3 is 0 Å². The SMILES string of the molecule is CC(C)NC(=O)c1cc2ccc(C=N)cc2n1Cc1cccc2c1=CCCC=2. The molecule has 1 aliphatic carbocycles. The molecule has 1 aromatic heterocycles. The summed E-state index contributed by atoms with van der Waals surface area (Å²) in [5.41, 5.74) is 3.68. The molecule has 0 radical (unpaired) electrons. The normalized spacial score (nSPS) is 13.0. The molecular weight excluding hydrogens is 346 g/mol. The van der Waals surface area contributed by atoms with E-state index in [2.05, 4.69) is 40.2 Å². The molecule has 2 aromatic carbocycles. The first-order chi connectivity index (χ1) is 13.6. The minimum atomic E-state index is -0.0667. The lowest BCUT2D eigenvalue weighted by molar-refractivity contribution is 0.0934. The summed E-state index contributed by atoms with van der Waals surface area (Å²) in [4.78, 5) is 12.9. The average molecular weight is 371 g/mol. The predicted molar refractivity (Wildman–Crippen MR) is 115 cm³/mol. The standard InChI is InChI=1S/C24H25N3O/c1-16(2)26-24(28)23-13-19-11-10-17(14-25)12-22(19)27(23)15-20-8-5-7-18-6-3-4-9-21(18)20/h5-14,16,25H,3-4,15H2,1-2H3,(H,26,28). The second-order valence-electron chi connectivity index (χ2n) is 7.61. The number of fused-ring (bicyclic) bond motifs is 2. The molecule has 0 aliphatic heterocycles. The lowest BCUT2D eigenvalue weighted by atomic mass is 10.0. The molecule has 1 aliphatic rings. The van der Waals surface area contributed by atoms with Gasteiger partial charge in [-0.1, -0.05) is 42.5 Å². The van der Waals surface area contributed by atoms with E-state index in [0.717, 1.165) is 29.3 Å². The number of hydrogen-bond donors (Lipinski definition) is 2. The number of nitrogens with zero attached hydrogens (tertiary/aromatic N) is 1. The largest absolute Gasteiger partial charge is 0.349 e. The van der Waals surface area contributed by atoms with Crippen molar-refractivity contribution in [3.8, 4) is 0 Å². The molecule has 142 valence electrons. The van der Waals surface area contributed by atoms with E-state index in [4.69, 9.17) is 5.41 Å². The molecule has 0 fully saturated rings. The van der Waals surface area contributed by atoms with Gasteiger partial charge < -0.3 is 15.3 Å². The number of benzene rings is 2. The van der Waals surface area contributed by atoms with Gasteiger partial charge in [-0.2, -0.15) is 0 Å². The Balaban J connectivity index is 1.89. The highest BCUT2D eigenvalue weighted by atomic mass is 16.2. The third-order valence-corrected chi connectivity index (χ3v) is 5.19. The van der Waals surface area contributed by atoms with Gasteiger partial charge in [0.25, 0.3) is 5.91 Å². The Morgan fingerprint density at radius 2 is 2.00 bits per heavy atom. The van der Waals surface area contributed by atoms with E-state index in [1.54, 1.807) is 0 Å². The van der Waals surface area contributed by atoms with Gasteiger partial charge in [0, 0.05) is 29.7 Å². The first kappa shape index (κ1) is 18.2. The summed E-state index contributed by atoms with van der Waals surface area (Å²) in [5.74, 6) is -0.0667. The number of aromatic nitrogens is 1. The van der Waals surface area contributed by atoms with Crippen LogP contribution < -0.4 is 15.8 Å². The van der Waals surface area contributed by atoms with Crippen LogP contribution in [-0.4, -0.2) is 22.7 Å². The molecule has 4 nitrogen and oxygen atoms in total. The van der Waals surface area contributed by atoms with Crippen LogP contribution in [-0.2, 0) is 6.54 Å².